The number of rotatable bonds is 5. The van der Waals surface area contributed by atoms with Crippen molar-refractivity contribution < 1.29 is 14.3 Å². The van der Waals surface area contributed by atoms with Crippen LogP contribution in [0.3, 0.4) is 0 Å². The van der Waals surface area contributed by atoms with Crippen LogP contribution >= 0.6 is 0 Å². The van der Waals surface area contributed by atoms with Crippen molar-refractivity contribution in [1.29, 1.82) is 0 Å². The maximum absolute atomic E-state index is 12.5. The number of aliphatic hydroxyl groups is 1. The number of aromatic nitrogens is 2. The standard InChI is InChI=1S/C17H19N3O4/c1-11(21)7-8-19(2)14(22)9-20-10-18-15-12-5-3-4-6-13(12)24-16(15)17(20)23/h3-6,10-11,21H,7-9H2,1-2H3. The van der Waals surface area contributed by atoms with E-state index in [1.54, 1.807) is 20.0 Å². The molecule has 0 spiro atoms. The summed E-state index contributed by atoms with van der Waals surface area (Å²) >= 11 is 0. The molecule has 0 saturated heterocycles. The number of likely N-dealkylation sites (N-methyl/N-ethyl adjacent to an activating group) is 1. The lowest BCUT2D eigenvalue weighted by Crippen LogP contribution is -2.35. The molecule has 3 rings (SSSR count). The summed E-state index contributed by atoms with van der Waals surface area (Å²) in [4.78, 5) is 30.5. The highest BCUT2D eigenvalue weighted by Crippen LogP contribution is 2.23. The molecule has 1 amide bonds. The molecular formula is C17H19N3O4. The van der Waals surface area contributed by atoms with Crippen LogP contribution in [0.1, 0.15) is 13.3 Å². The molecule has 2 heterocycles. The van der Waals surface area contributed by atoms with Gasteiger partial charge in [0.05, 0.1) is 12.4 Å². The molecule has 7 heteroatoms. The third-order valence-corrected chi connectivity index (χ3v) is 3.96. The van der Waals surface area contributed by atoms with E-state index >= 15 is 0 Å². The van der Waals surface area contributed by atoms with Crippen LogP contribution in [-0.4, -0.2) is 45.2 Å². The van der Waals surface area contributed by atoms with Gasteiger partial charge in [-0.3, -0.25) is 14.2 Å². The minimum Gasteiger partial charge on any atom is -0.448 e. The number of furan rings is 1. The molecule has 0 saturated carbocycles. The fraction of sp³-hybridized carbons (Fsp3) is 0.353. The molecule has 0 aliphatic rings. The molecule has 7 nitrogen and oxygen atoms in total. The third-order valence-electron chi connectivity index (χ3n) is 3.96. The van der Waals surface area contributed by atoms with Gasteiger partial charge in [-0.25, -0.2) is 4.98 Å². The Morgan fingerprint density at radius 1 is 1.42 bits per heavy atom. The lowest BCUT2D eigenvalue weighted by atomic mass is 10.2. The van der Waals surface area contributed by atoms with Gasteiger partial charge in [-0.15, -0.1) is 0 Å². The molecule has 0 fully saturated rings. The van der Waals surface area contributed by atoms with E-state index in [4.69, 9.17) is 4.42 Å². The van der Waals surface area contributed by atoms with E-state index in [1.807, 2.05) is 18.2 Å². The number of carbonyl (C=O) groups is 1. The van der Waals surface area contributed by atoms with Crippen molar-refractivity contribution in [2.24, 2.45) is 0 Å². The van der Waals surface area contributed by atoms with Gasteiger partial charge in [-0.2, -0.15) is 0 Å². The smallest absolute Gasteiger partial charge is 0.297 e. The summed E-state index contributed by atoms with van der Waals surface area (Å²) in [6, 6.07) is 7.29. The zero-order valence-electron chi connectivity index (χ0n) is 13.6. The van der Waals surface area contributed by atoms with Crippen LogP contribution in [0.4, 0.5) is 0 Å². The van der Waals surface area contributed by atoms with Gasteiger partial charge in [0, 0.05) is 19.0 Å². The largest absolute Gasteiger partial charge is 0.448 e. The van der Waals surface area contributed by atoms with Crippen molar-refractivity contribution in [2.75, 3.05) is 13.6 Å². The molecule has 0 bridgehead atoms. The second-order valence-electron chi connectivity index (χ2n) is 5.91. The molecule has 1 aromatic carbocycles. The lowest BCUT2D eigenvalue weighted by Gasteiger charge is -2.18. The fourth-order valence-corrected chi connectivity index (χ4v) is 2.50. The highest BCUT2D eigenvalue weighted by Gasteiger charge is 2.16. The van der Waals surface area contributed by atoms with Gasteiger partial charge < -0.3 is 14.4 Å². The molecular weight excluding hydrogens is 310 g/mol. The van der Waals surface area contributed by atoms with Crippen molar-refractivity contribution in [3.05, 3.63) is 40.9 Å². The normalized spacial score (nSPS) is 12.6. The van der Waals surface area contributed by atoms with Gasteiger partial charge in [0.2, 0.25) is 11.5 Å². The Morgan fingerprint density at radius 2 is 2.17 bits per heavy atom. The number of fused-ring (bicyclic) bond motifs is 3. The summed E-state index contributed by atoms with van der Waals surface area (Å²) in [5, 5.41) is 10.1. The Labute approximate surface area is 138 Å². The molecule has 126 valence electrons. The summed E-state index contributed by atoms with van der Waals surface area (Å²) < 4.78 is 6.83. The van der Waals surface area contributed by atoms with Gasteiger partial charge >= 0.3 is 0 Å². The molecule has 3 aromatic rings. The van der Waals surface area contributed by atoms with Crippen molar-refractivity contribution in [1.82, 2.24) is 14.5 Å². The van der Waals surface area contributed by atoms with Gasteiger partial charge in [0.1, 0.15) is 17.6 Å². The van der Waals surface area contributed by atoms with Gasteiger partial charge in [0.15, 0.2) is 0 Å². The van der Waals surface area contributed by atoms with Gasteiger partial charge in [-0.05, 0) is 25.5 Å². The summed E-state index contributed by atoms with van der Waals surface area (Å²) in [6.45, 7) is 1.98. The number of carbonyl (C=O) groups excluding carboxylic acids is 1. The van der Waals surface area contributed by atoms with E-state index in [-0.39, 0.29) is 23.6 Å². The van der Waals surface area contributed by atoms with Crippen molar-refractivity contribution >= 4 is 28.0 Å². The zero-order valence-corrected chi connectivity index (χ0v) is 13.6. The third kappa shape index (κ3) is 3.03. The Balaban J connectivity index is 1.88. The molecule has 0 radical (unpaired) electrons. The first-order valence-corrected chi connectivity index (χ1v) is 7.76. The number of hydrogen-bond acceptors (Lipinski definition) is 5. The predicted octanol–water partition coefficient (Wildman–Crippen LogP) is 1.37. The maximum atomic E-state index is 12.5. The Bertz CT molecular complexity index is 942. The van der Waals surface area contributed by atoms with E-state index in [1.165, 1.54) is 15.8 Å². The highest BCUT2D eigenvalue weighted by atomic mass is 16.3. The average molecular weight is 329 g/mol. The van der Waals surface area contributed by atoms with E-state index < -0.39 is 6.10 Å². The topological polar surface area (TPSA) is 88.6 Å². The van der Waals surface area contributed by atoms with Gasteiger partial charge in [-0.1, -0.05) is 12.1 Å². The molecule has 1 N–H and O–H groups in total. The number of nitrogens with zero attached hydrogens (tertiary/aromatic N) is 3. The van der Waals surface area contributed by atoms with Crippen molar-refractivity contribution in [3.63, 3.8) is 0 Å². The average Bonchev–Trinajstić information content (AvgIpc) is 2.94. The Kier molecular flexibility index (Phi) is 4.35. The van der Waals surface area contributed by atoms with Crippen LogP contribution in [0.5, 0.6) is 0 Å². The second-order valence-corrected chi connectivity index (χ2v) is 5.91. The Morgan fingerprint density at radius 3 is 2.92 bits per heavy atom. The highest BCUT2D eigenvalue weighted by molar-refractivity contribution is 6.01. The minimum atomic E-state index is -0.475. The first-order valence-electron chi connectivity index (χ1n) is 7.76. The minimum absolute atomic E-state index is 0.116. The van der Waals surface area contributed by atoms with Crippen LogP contribution in [0.25, 0.3) is 22.1 Å². The first kappa shape index (κ1) is 16.2. The van der Waals surface area contributed by atoms with Crippen molar-refractivity contribution in [3.8, 4) is 0 Å². The summed E-state index contributed by atoms with van der Waals surface area (Å²) in [7, 11) is 1.64. The number of amides is 1. The summed E-state index contributed by atoms with van der Waals surface area (Å²) in [5.41, 5.74) is 0.864. The Hall–Kier alpha value is -2.67. The number of hydrogen-bond donors (Lipinski definition) is 1. The predicted molar refractivity (Wildman–Crippen MR) is 89.7 cm³/mol. The maximum Gasteiger partial charge on any atom is 0.297 e. The molecule has 24 heavy (non-hydrogen) atoms. The van der Waals surface area contributed by atoms with Crippen molar-refractivity contribution in [2.45, 2.75) is 26.0 Å². The van der Waals surface area contributed by atoms with Gasteiger partial charge in [0.25, 0.3) is 5.56 Å². The number of para-hydroxylation sites is 1. The van der Waals surface area contributed by atoms with E-state index in [2.05, 4.69) is 4.98 Å². The van der Waals surface area contributed by atoms with Crippen LogP contribution in [-0.2, 0) is 11.3 Å². The molecule has 0 aliphatic heterocycles. The zero-order chi connectivity index (χ0) is 17.3. The van der Waals surface area contributed by atoms with E-state index in [9.17, 15) is 14.7 Å². The molecule has 2 aromatic heterocycles. The van der Waals surface area contributed by atoms with Crippen LogP contribution in [0, 0.1) is 0 Å². The van der Waals surface area contributed by atoms with Crippen LogP contribution in [0.15, 0.2) is 39.8 Å². The van der Waals surface area contributed by atoms with E-state index in [0.29, 0.717) is 24.1 Å². The summed E-state index contributed by atoms with van der Waals surface area (Å²) in [5.74, 6) is -0.227. The fourth-order valence-electron chi connectivity index (χ4n) is 2.50. The first-order chi connectivity index (χ1) is 11.5. The molecule has 0 aliphatic carbocycles. The lowest BCUT2D eigenvalue weighted by molar-refractivity contribution is -0.130. The van der Waals surface area contributed by atoms with Crippen LogP contribution in [0.2, 0.25) is 0 Å². The second kappa shape index (κ2) is 6.45. The monoisotopic (exact) mass is 329 g/mol. The number of aliphatic hydroxyl groups excluding tert-OH is 1. The van der Waals surface area contributed by atoms with Crippen LogP contribution < -0.4 is 5.56 Å². The SMILES string of the molecule is CC(O)CCN(C)C(=O)Cn1cnc2c(oc3ccccc32)c1=O. The molecule has 1 atom stereocenters. The number of benzene rings is 1. The molecule has 1 unspecified atom stereocenters. The van der Waals surface area contributed by atoms with E-state index in [0.717, 1.165) is 5.39 Å². The summed E-state index contributed by atoms with van der Waals surface area (Å²) in [6.07, 6.45) is 1.38. The quantitative estimate of drug-likeness (QED) is 0.764.